The van der Waals surface area contributed by atoms with Crippen LogP contribution in [0.2, 0.25) is 0 Å². The van der Waals surface area contributed by atoms with Crippen LogP contribution in [0, 0.1) is 6.92 Å². The maximum atomic E-state index is 12.2. The van der Waals surface area contributed by atoms with Crippen molar-refractivity contribution in [3.05, 3.63) is 70.9 Å². The van der Waals surface area contributed by atoms with Crippen molar-refractivity contribution >= 4 is 29.7 Å². The number of ether oxygens (including phenoxy) is 2. The number of aryl methyl sites for hydroxylation is 1. The fourth-order valence-electron chi connectivity index (χ4n) is 2.32. The Kier molecular flexibility index (Phi) is 6.71. The zero-order valence-electron chi connectivity index (χ0n) is 15.2. The molecule has 7 nitrogen and oxygen atoms in total. The van der Waals surface area contributed by atoms with Gasteiger partial charge < -0.3 is 20.1 Å². The summed E-state index contributed by atoms with van der Waals surface area (Å²) >= 11 is 0. The summed E-state index contributed by atoms with van der Waals surface area (Å²) in [5.41, 5.74) is 2.46. The molecule has 0 atom stereocenters. The second-order valence-electron chi connectivity index (χ2n) is 5.53. The second-order valence-corrected chi connectivity index (χ2v) is 5.53. The number of rotatable bonds is 5. The van der Waals surface area contributed by atoms with Gasteiger partial charge in [-0.25, -0.2) is 14.4 Å². The molecule has 2 aromatic carbocycles. The minimum atomic E-state index is -0.642. The Bertz CT molecular complexity index is 890. The third-order valence-corrected chi connectivity index (χ3v) is 3.76. The maximum absolute atomic E-state index is 12.2. The minimum absolute atomic E-state index is 0.114. The van der Waals surface area contributed by atoms with Crippen LogP contribution < -0.4 is 10.6 Å². The lowest BCUT2D eigenvalue weighted by atomic mass is 10.1. The van der Waals surface area contributed by atoms with Crippen LogP contribution in [0.3, 0.4) is 0 Å². The molecule has 0 heterocycles. The van der Waals surface area contributed by atoms with Crippen molar-refractivity contribution in [2.24, 2.45) is 0 Å². The van der Waals surface area contributed by atoms with Gasteiger partial charge in [-0.15, -0.1) is 0 Å². The molecule has 2 N–H and O–H groups in total. The summed E-state index contributed by atoms with van der Waals surface area (Å²) in [5, 5.41) is 5.09. The zero-order valence-corrected chi connectivity index (χ0v) is 15.2. The number of anilines is 1. The van der Waals surface area contributed by atoms with Crippen molar-refractivity contribution in [1.29, 1.82) is 0 Å². The van der Waals surface area contributed by atoms with E-state index in [9.17, 15) is 14.4 Å². The molecule has 0 unspecified atom stereocenters. The fourth-order valence-corrected chi connectivity index (χ4v) is 2.32. The highest BCUT2D eigenvalue weighted by atomic mass is 16.5. The van der Waals surface area contributed by atoms with Gasteiger partial charge in [-0.2, -0.15) is 0 Å². The number of amides is 2. The average Bonchev–Trinajstić information content (AvgIpc) is 2.68. The van der Waals surface area contributed by atoms with E-state index in [2.05, 4.69) is 15.4 Å². The average molecular weight is 368 g/mol. The third kappa shape index (κ3) is 5.18. The molecule has 7 heteroatoms. The number of urea groups is 1. The third-order valence-electron chi connectivity index (χ3n) is 3.76. The van der Waals surface area contributed by atoms with Gasteiger partial charge in [-0.3, -0.25) is 0 Å². The molecule has 27 heavy (non-hydrogen) atoms. The number of carbonyl (C=O) groups excluding carboxylic acids is 3. The molecule has 0 aromatic heterocycles. The Morgan fingerprint density at radius 2 is 1.67 bits per heavy atom. The Morgan fingerprint density at radius 3 is 2.33 bits per heavy atom. The van der Waals surface area contributed by atoms with Gasteiger partial charge in [0.1, 0.15) is 0 Å². The molecule has 0 bridgehead atoms. The van der Waals surface area contributed by atoms with Gasteiger partial charge in [0.15, 0.2) is 0 Å². The molecule has 0 aliphatic carbocycles. The molecule has 0 radical (unpaired) electrons. The van der Waals surface area contributed by atoms with Gasteiger partial charge >= 0.3 is 18.0 Å². The van der Waals surface area contributed by atoms with E-state index in [0.29, 0.717) is 0 Å². The van der Waals surface area contributed by atoms with Gasteiger partial charge in [-0.05, 0) is 42.3 Å². The molecule has 2 rings (SSSR count). The summed E-state index contributed by atoms with van der Waals surface area (Å²) in [5.74, 6) is -1.23. The van der Waals surface area contributed by atoms with Crippen molar-refractivity contribution in [3.63, 3.8) is 0 Å². The van der Waals surface area contributed by atoms with E-state index < -0.39 is 18.0 Å². The molecule has 0 aliphatic rings. The lowest BCUT2D eigenvalue weighted by molar-refractivity contribution is 0.0587. The van der Waals surface area contributed by atoms with Gasteiger partial charge in [0.2, 0.25) is 0 Å². The van der Waals surface area contributed by atoms with Crippen LogP contribution >= 0.6 is 0 Å². The van der Waals surface area contributed by atoms with E-state index in [1.54, 1.807) is 6.08 Å². The van der Waals surface area contributed by atoms with E-state index in [1.807, 2.05) is 31.2 Å². The molecule has 2 amide bonds. The first-order valence-electron chi connectivity index (χ1n) is 8.06. The Balaban J connectivity index is 2.16. The quantitative estimate of drug-likeness (QED) is 0.789. The highest BCUT2D eigenvalue weighted by Gasteiger charge is 2.17. The van der Waals surface area contributed by atoms with Crippen molar-refractivity contribution in [2.45, 2.75) is 6.92 Å². The van der Waals surface area contributed by atoms with Crippen LogP contribution in [0.5, 0.6) is 0 Å². The highest BCUT2D eigenvalue weighted by molar-refractivity contribution is 6.03. The van der Waals surface area contributed by atoms with E-state index in [0.717, 1.165) is 11.1 Å². The summed E-state index contributed by atoms with van der Waals surface area (Å²) < 4.78 is 9.35. The van der Waals surface area contributed by atoms with Crippen LogP contribution in [-0.2, 0) is 9.47 Å². The first kappa shape index (κ1) is 19.7. The SMILES string of the molecule is COC(=O)c1ccc(C(=O)OC)c(NC(=O)N/C=C/c2ccccc2C)c1. The van der Waals surface area contributed by atoms with Crippen molar-refractivity contribution in [2.75, 3.05) is 19.5 Å². The molecule has 0 spiro atoms. The number of hydrogen-bond donors (Lipinski definition) is 2. The van der Waals surface area contributed by atoms with Gasteiger partial charge in [0.25, 0.3) is 0 Å². The Labute approximate surface area is 157 Å². The number of esters is 2. The summed E-state index contributed by atoms with van der Waals surface area (Å²) in [4.78, 5) is 35.7. The topological polar surface area (TPSA) is 93.7 Å². The fraction of sp³-hybridized carbons (Fsp3) is 0.150. The zero-order chi connectivity index (χ0) is 19.8. The van der Waals surface area contributed by atoms with Crippen molar-refractivity contribution in [3.8, 4) is 0 Å². The van der Waals surface area contributed by atoms with Crippen LogP contribution in [0.25, 0.3) is 6.08 Å². The van der Waals surface area contributed by atoms with Crippen LogP contribution in [0.15, 0.2) is 48.7 Å². The van der Waals surface area contributed by atoms with Crippen molar-refractivity contribution < 1.29 is 23.9 Å². The molecule has 2 aromatic rings. The first-order valence-corrected chi connectivity index (χ1v) is 8.06. The summed E-state index contributed by atoms with van der Waals surface area (Å²) in [6.45, 7) is 1.96. The van der Waals surface area contributed by atoms with Crippen LogP contribution in [0.4, 0.5) is 10.5 Å². The largest absolute Gasteiger partial charge is 0.465 e. The minimum Gasteiger partial charge on any atom is -0.465 e. The van der Waals surface area contributed by atoms with Gasteiger partial charge in [0.05, 0.1) is 31.0 Å². The van der Waals surface area contributed by atoms with E-state index in [1.165, 1.54) is 38.6 Å². The van der Waals surface area contributed by atoms with Gasteiger partial charge in [-0.1, -0.05) is 24.3 Å². The smallest absolute Gasteiger partial charge is 0.339 e. The lowest BCUT2D eigenvalue weighted by Crippen LogP contribution is -2.25. The Hall–Kier alpha value is -3.61. The molecule has 0 aliphatic heterocycles. The number of benzene rings is 2. The van der Waals surface area contributed by atoms with E-state index >= 15 is 0 Å². The first-order chi connectivity index (χ1) is 13.0. The van der Waals surface area contributed by atoms with E-state index in [-0.39, 0.29) is 16.8 Å². The Morgan fingerprint density at radius 1 is 0.963 bits per heavy atom. The number of nitrogens with one attached hydrogen (secondary N) is 2. The molecule has 0 saturated heterocycles. The summed E-state index contributed by atoms with van der Waals surface area (Å²) in [6, 6.07) is 11.3. The van der Waals surface area contributed by atoms with Gasteiger partial charge in [0, 0.05) is 6.20 Å². The molecule has 140 valence electrons. The molecule has 0 fully saturated rings. The molecule has 0 saturated carbocycles. The standard InChI is InChI=1S/C20H20N2O5/c1-13-6-4-5-7-14(13)10-11-21-20(25)22-17-12-15(18(23)26-2)8-9-16(17)19(24)27-3/h4-12H,1-3H3,(H2,21,22,25)/b11-10+. The number of methoxy groups -OCH3 is 2. The lowest BCUT2D eigenvalue weighted by Gasteiger charge is -2.11. The summed E-state index contributed by atoms with van der Waals surface area (Å²) in [7, 11) is 2.47. The van der Waals surface area contributed by atoms with Crippen molar-refractivity contribution in [1.82, 2.24) is 5.32 Å². The number of hydrogen-bond acceptors (Lipinski definition) is 5. The molecular weight excluding hydrogens is 348 g/mol. The monoisotopic (exact) mass is 368 g/mol. The predicted octanol–water partition coefficient (Wildman–Crippen LogP) is 3.36. The highest BCUT2D eigenvalue weighted by Crippen LogP contribution is 2.19. The summed E-state index contributed by atoms with van der Waals surface area (Å²) in [6.07, 6.45) is 3.24. The second kappa shape index (κ2) is 9.19. The van der Waals surface area contributed by atoms with E-state index in [4.69, 9.17) is 4.74 Å². The normalized spacial score (nSPS) is 10.3. The number of carbonyl (C=O) groups is 3. The van der Waals surface area contributed by atoms with Crippen LogP contribution in [-0.4, -0.2) is 32.2 Å². The predicted molar refractivity (Wildman–Crippen MR) is 101 cm³/mol. The van der Waals surface area contributed by atoms with Crippen LogP contribution in [0.1, 0.15) is 31.8 Å². The maximum Gasteiger partial charge on any atom is 0.339 e. The molecular formula is C20H20N2O5.